The van der Waals surface area contributed by atoms with Gasteiger partial charge in [0, 0.05) is 28.9 Å². The highest BCUT2D eigenvalue weighted by atomic mass is 35.5. The number of nitrogens with one attached hydrogen (secondary N) is 1. The van der Waals surface area contributed by atoms with E-state index in [9.17, 15) is 14.4 Å². The molecule has 1 aromatic carbocycles. The topological polar surface area (TPSA) is 79.0 Å². The van der Waals surface area contributed by atoms with E-state index in [1.54, 1.807) is 18.2 Å². The number of hydrogen-bond donors (Lipinski definition) is 1. The minimum absolute atomic E-state index is 0.0957. The fourth-order valence-corrected chi connectivity index (χ4v) is 6.58. The van der Waals surface area contributed by atoms with E-state index in [-0.39, 0.29) is 36.4 Å². The second kappa shape index (κ2) is 6.03. The van der Waals surface area contributed by atoms with Crippen LogP contribution in [-0.2, 0) is 24.7 Å². The Hall–Kier alpha value is -1.96. The van der Waals surface area contributed by atoms with Gasteiger partial charge < -0.3 is 10.1 Å². The lowest BCUT2D eigenvalue weighted by molar-refractivity contribution is -0.147. The van der Waals surface area contributed by atoms with E-state index in [0.29, 0.717) is 23.9 Å². The number of nitrogens with zero attached hydrogens (tertiary/aromatic N) is 2. The van der Waals surface area contributed by atoms with Gasteiger partial charge in [0.1, 0.15) is 5.54 Å². The highest BCUT2D eigenvalue weighted by Gasteiger charge is 2.74. The fourth-order valence-electron chi connectivity index (χ4n) is 6.41. The molecule has 5 aliphatic heterocycles. The first-order chi connectivity index (χ1) is 14.0. The Morgan fingerprint density at radius 1 is 1.17 bits per heavy atom. The van der Waals surface area contributed by atoms with E-state index in [1.807, 2.05) is 0 Å². The van der Waals surface area contributed by atoms with Crippen molar-refractivity contribution in [2.24, 2.45) is 11.8 Å². The van der Waals surface area contributed by atoms with Crippen molar-refractivity contribution in [1.29, 1.82) is 0 Å². The van der Waals surface area contributed by atoms with Crippen LogP contribution in [0, 0.1) is 11.8 Å². The smallest absolute Gasteiger partial charge is 0.250 e. The third kappa shape index (κ3) is 2.13. The molecule has 1 aromatic rings. The first kappa shape index (κ1) is 17.9. The highest BCUT2D eigenvalue weighted by Crippen LogP contribution is 2.60. The molecule has 0 bridgehead atoms. The second-order valence-corrected chi connectivity index (χ2v) is 9.18. The molecule has 5 heterocycles. The van der Waals surface area contributed by atoms with Crippen molar-refractivity contribution in [3.63, 3.8) is 0 Å². The molecule has 7 nitrogen and oxygen atoms in total. The molecule has 0 saturated carbocycles. The van der Waals surface area contributed by atoms with Gasteiger partial charge >= 0.3 is 0 Å². The summed E-state index contributed by atoms with van der Waals surface area (Å²) >= 11 is 6.29. The van der Waals surface area contributed by atoms with Gasteiger partial charge in [0.25, 0.3) is 0 Å². The SMILES string of the molecule is O=C1[C@H]2[C@@H]3CCCN3[C@@]3(C(=O)Nc4ccc(Cl)cc43)[C@H]2C(=O)N1CC1CCCO1. The van der Waals surface area contributed by atoms with Crippen LogP contribution < -0.4 is 5.32 Å². The Balaban J connectivity index is 1.48. The van der Waals surface area contributed by atoms with Crippen LogP contribution in [0.5, 0.6) is 0 Å². The Morgan fingerprint density at radius 2 is 2.03 bits per heavy atom. The Bertz CT molecular complexity index is 946. The van der Waals surface area contributed by atoms with Crippen LogP contribution in [0.3, 0.4) is 0 Å². The molecule has 29 heavy (non-hydrogen) atoms. The number of hydrogen-bond acceptors (Lipinski definition) is 5. The number of carbonyl (C=O) groups is 3. The van der Waals surface area contributed by atoms with E-state index in [4.69, 9.17) is 16.3 Å². The number of fused-ring (bicyclic) bond motifs is 7. The van der Waals surface area contributed by atoms with Crippen LogP contribution in [0.25, 0.3) is 0 Å². The molecular formula is C21H22ClN3O4. The van der Waals surface area contributed by atoms with Gasteiger partial charge in [-0.25, -0.2) is 0 Å². The van der Waals surface area contributed by atoms with Crippen molar-refractivity contribution >= 4 is 35.0 Å². The summed E-state index contributed by atoms with van der Waals surface area (Å²) in [4.78, 5) is 44.0. The number of amides is 3. The van der Waals surface area contributed by atoms with Gasteiger partial charge in [-0.15, -0.1) is 0 Å². The standard InChI is InChI=1S/C21H22ClN3O4/c22-11-5-6-14-13(9-11)21(20(28)23-14)17-16(15-4-1-7-25(15)21)18(26)24(19(17)27)10-12-3-2-8-29-12/h5-6,9,12,15-17H,1-4,7-8,10H2,(H,23,28)/t12?,15-,16-,17+,21+/m0/s1. The van der Waals surface area contributed by atoms with E-state index in [2.05, 4.69) is 10.2 Å². The minimum Gasteiger partial charge on any atom is -0.376 e. The number of likely N-dealkylation sites (tertiary alicyclic amines) is 1. The van der Waals surface area contributed by atoms with E-state index in [0.717, 1.165) is 31.2 Å². The second-order valence-electron chi connectivity index (χ2n) is 8.74. The third-order valence-corrected chi connectivity index (χ3v) is 7.69. The van der Waals surface area contributed by atoms with E-state index < -0.39 is 17.4 Å². The maximum Gasteiger partial charge on any atom is 0.250 e. The maximum atomic E-state index is 13.6. The fraction of sp³-hybridized carbons (Fsp3) is 0.571. The molecule has 3 amide bonds. The van der Waals surface area contributed by atoms with Gasteiger partial charge in [-0.05, 0) is 50.4 Å². The van der Waals surface area contributed by atoms with E-state index >= 15 is 0 Å². The summed E-state index contributed by atoms with van der Waals surface area (Å²) < 4.78 is 5.68. The molecule has 0 aromatic heterocycles. The van der Waals surface area contributed by atoms with Crippen LogP contribution in [0.1, 0.15) is 31.2 Å². The molecule has 0 radical (unpaired) electrons. The molecule has 152 valence electrons. The number of ether oxygens (including phenoxy) is 1. The lowest BCUT2D eigenvalue weighted by atomic mass is 9.75. The monoisotopic (exact) mass is 415 g/mol. The Morgan fingerprint density at radius 3 is 2.83 bits per heavy atom. The summed E-state index contributed by atoms with van der Waals surface area (Å²) in [6, 6.07) is 5.21. The van der Waals surface area contributed by atoms with Gasteiger partial charge in [0.15, 0.2) is 0 Å². The summed E-state index contributed by atoms with van der Waals surface area (Å²) in [5.74, 6) is -1.79. The minimum atomic E-state index is -1.15. The summed E-state index contributed by atoms with van der Waals surface area (Å²) in [5, 5.41) is 3.48. The van der Waals surface area contributed by atoms with Crippen LogP contribution in [0.4, 0.5) is 5.69 Å². The molecule has 5 atom stereocenters. The van der Waals surface area contributed by atoms with Gasteiger partial charge in [-0.3, -0.25) is 24.2 Å². The zero-order chi connectivity index (χ0) is 19.9. The Kier molecular flexibility index (Phi) is 3.71. The van der Waals surface area contributed by atoms with Crippen LogP contribution in [-0.4, -0.2) is 59.4 Å². The van der Waals surface area contributed by atoms with Crippen molar-refractivity contribution in [2.75, 3.05) is 25.0 Å². The summed E-state index contributed by atoms with van der Waals surface area (Å²) in [7, 11) is 0. The first-order valence-corrected chi connectivity index (χ1v) is 10.8. The zero-order valence-corrected chi connectivity index (χ0v) is 16.7. The third-order valence-electron chi connectivity index (χ3n) is 7.46. The lowest BCUT2D eigenvalue weighted by Gasteiger charge is -2.36. The summed E-state index contributed by atoms with van der Waals surface area (Å²) in [6.45, 7) is 1.66. The zero-order valence-electron chi connectivity index (χ0n) is 15.9. The van der Waals surface area contributed by atoms with Crippen molar-refractivity contribution in [3.8, 4) is 0 Å². The van der Waals surface area contributed by atoms with Gasteiger partial charge in [-0.1, -0.05) is 11.6 Å². The average molecular weight is 416 g/mol. The molecule has 6 rings (SSSR count). The molecule has 1 N–H and O–H groups in total. The number of rotatable bonds is 2. The molecule has 8 heteroatoms. The molecule has 1 unspecified atom stereocenters. The van der Waals surface area contributed by atoms with Crippen molar-refractivity contribution in [1.82, 2.24) is 9.80 Å². The number of halogens is 1. The predicted octanol–water partition coefficient (Wildman–Crippen LogP) is 1.75. The van der Waals surface area contributed by atoms with Crippen LogP contribution in [0.2, 0.25) is 5.02 Å². The first-order valence-electron chi connectivity index (χ1n) is 10.4. The van der Waals surface area contributed by atoms with Crippen molar-refractivity contribution in [3.05, 3.63) is 28.8 Å². The highest BCUT2D eigenvalue weighted by molar-refractivity contribution is 6.31. The Labute approximate surface area is 173 Å². The summed E-state index contributed by atoms with van der Waals surface area (Å²) in [6.07, 6.45) is 3.43. The number of imide groups is 1. The van der Waals surface area contributed by atoms with E-state index in [1.165, 1.54) is 4.90 Å². The predicted molar refractivity (Wildman–Crippen MR) is 104 cm³/mol. The summed E-state index contributed by atoms with van der Waals surface area (Å²) in [5.41, 5.74) is 0.266. The van der Waals surface area contributed by atoms with Crippen LogP contribution in [0.15, 0.2) is 18.2 Å². The molecule has 0 aliphatic carbocycles. The van der Waals surface area contributed by atoms with Gasteiger partial charge in [0.2, 0.25) is 17.7 Å². The van der Waals surface area contributed by atoms with Crippen LogP contribution >= 0.6 is 11.6 Å². The van der Waals surface area contributed by atoms with Gasteiger partial charge in [-0.2, -0.15) is 0 Å². The number of carbonyl (C=O) groups excluding carboxylic acids is 3. The largest absolute Gasteiger partial charge is 0.376 e. The molecule has 4 saturated heterocycles. The maximum absolute atomic E-state index is 13.6. The molecular weight excluding hydrogens is 394 g/mol. The normalized spacial score (nSPS) is 38.1. The molecule has 4 fully saturated rings. The van der Waals surface area contributed by atoms with Crippen molar-refractivity contribution in [2.45, 2.75) is 43.4 Å². The average Bonchev–Trinajstić information content (AvgIpc) is 3.47. The number of anilines is 1. The molecule has 5 aliphatic rings. The quantitative estimate of drug-likeness (QED) is 0.744. The lowest BCUT2D eigenvalue weighted by Crippen LogP contribution is -2.54. The molecule has 1 spiro atoms. The number of benzene rings is 1. The van der Waals surface area contributed by atoms with Crippen molar-refractivity contribution < 1.29 is 19.1 Å². The van der Waals surface area contributed by atoms with Gasteiger partial charge in [0.05, 0.1) is 24.5 Å².